The van der Waals surface area contributed by atoms with Crippen molar-refractivity contribution in [2.75, 3.05) is 5.32 Å². The van der Waals surface area contributed by atoms with Gasteiger partial charge in [-0.3, -0.25) is 0 Å². The summed E-state index contributed by atoms with van der Waals surface area (Å²) >= 11 is 0. The van der Waals surface area contributed by atoms with E-state index in [4.69, 9.17) is 9.52 Å². The van der Waals surface area contributed by atoms with Crippen LogP contribution in [-0.4, -0.2) is 17.1 Å². The molecule has 0 bridgehead atoms. The third kappa shape index (κ3) is 3.82. The molecule has 0 atom stereocenters. The number of halogens is 1. The normalized spacial score (nSPS) is 10.2. The SMILES string of the molecule is Cc1ccc(CNC(=O)Nc2ccc(C(=O)O)cc2F)o1. The lowest BCUT2D eigenvalue weighted by molar-refractivity contribution is 0.0696. The van der Waals surface area contributed by atoms with Gasteiger partial charge < -0.3 is 20.2 Å². The lowest BCUT2D eigenvalue weighted by Gasteiger charge is -2.08. The number of carboxylic acid groups (broad SMARTS) is 1. The van der Waals surface area contributed by atoms with Crippen LogP contribution in [0.15, 0.2) is 34.7 Å². The predicted octanol–water partition coefficient (Wildman–Crippen LogP) is 2.75. The molecule has 0 unspecified atom stereocenters. The molecule has 6 nitrogen and oxygen atoms in total. The number of carbonyl (C=O) groups is 2. The first-order valence-electron chi connectivity index (χ1n) is 6.08. The Morgan fingerprint density at radius 3 is 2.62 bits per heavy atom. The van der Waals surface area contributed by atoms with Crippen molar-refractivity contribution >= 4 is 17.7 Å². The van der Waals surface area contributed by atoms with E-state index in [1.165, 1.54) is 12.1 Å². The van der Waals surface area contributed by atoms with Gasteiger partial charge in [-0.2, -0.15) is 0 Å². The monoisotopic (exact) mass is 292 g/mol. The smallest absolute Gasteiger partial charge is 0.335 e. The minimum Gasteiger partial charge on any atom is -0.478 e. The second-order valence-electron chi connectivity index (χ2n) is 4.32. The summed E-state index contributed by atoms with van der Waals surface area (Å²) in [6, 6.07) is 6.10. The summed E-state index contributed by atoms with van der Waals surface area (Å²) in [5, 5.41) is 13.5. The number of anilines is 1. The molecule has 21 heavy (non-hydrogen) atoms. The zero-order chi connectivity index (χ0) is 15.4. The molecule has 1 aromatic heterocycles. The molecule has 0 fully saturated rings. The number of rotatable bonds is 4. The Balaban J connectivity index is 1.94. The van der Waals surface area contributed by atoms with Gasteiger partial charge in [-0.25, -0.2) is 14.0 Å². The number of benzene rings is 1. The standard InChI is InChI=1S/C14H13FN2O4/c1-8-2-4-10(21-8)7-16-14(20)17-12-5-3-9(13(18)19)6-11(12)15/h2-6H,7H2,1H3,(H,18,19)(H2,16,17,20). The Hall–Kier alpha value is -2.83. The van der Waals surface area contributed by atoms with Gasteiger partial charge >= 0.3 is 12.0 Å². The zero-order valence-corrected chi connectivity index (χ0v) is 11.1. The molecule has 0 aliphatic heterocycles. The van der Waals surface area contributed by atoms with Crippen molar-refractivity contribution in [2.24, 2.45) is 0 Å². The molecule has 2 amide bonds. The van der Waals surface area contributed by atoms with Gasteiger partial charge in [-0.1, -0.05) is 0 Å². The Bertz CT molecular complexity index is 681. The van der Waals surface area contributed by atoms with Crippen LogP contribution in [0.1, 0.15) is 21.9 Å². The van der Waals surface area contributed by atoms with E-state index in [2.05, 4.69) is 10.6 Å². The summed E-state index contributed by atoms with van der Waals surface area (Å²) < 4.78 is 18.9. The number of hydrogen-bond donors (Lipinski definition) is 3. The maximum atomic E-state index is 13.6. The molecule has 2 rings (SSSR count). The van der Waals surface area contributed by atoms with Gasteiger partial charge in [0, 0.05) is 0 Å². The predicted molar refractivity (Wildman–Crippen MR) is 72.7 cm³/mol. The van der Waals surface area contributed by atoms with E-state index < -0.39 is 17.8 Å². The molecule has 7 heteroatoms. The molecular weight excluding hydrogens is 279 g/mol. The number of amides is 2. The number of hydrogen-bond acceptors (Lipinski definition) is 3. The van der Waals surface area contributed by atoms with E-state index in [0.29, 0.717) is 5.76 Å². The molecule has 0 aliphatic carbocycles. The third-order valence-electron chi connectivity index (χ3n) is 2.68. The quantitative estimate of drug-likeness (QED) is 0.808. The number of urea groups is 1. The fourth-order valence-electron chi connectivity index (χ4n) is 1.66. The highest BCUT2D eigenvalue weighted by Gasteiger charge is 2.11. The minimum atomic E-state index is -1.24. The zero-order valence-electron chi connectivity index (χ0n) is 11.1. The number of furan rings is 1. The van der Waals surface area contributed by atoms with Crippen LogP contribution in [-0.2, 0) is 6.54 Å². The van der Waals surface area contributed by atoms with Crippen LogP contribution < -0.4 is 10.6 Å². The molecule has 0 saturated heterocycles. The average Bonchev–Trinajstić information content (AvgIpc) is 2.84. The van der Waals surface area contributed by atoms with Crippen LogP contribution in [0.4, 0.5) is 14.9 Å². The summed E-state index contributed by atoms with van der Waals surface area (Å²) in [6.45, 7) is 1.94. The minimum absolute atomic E-state index is 0.104. The Morgan fingerprint density at radius 1 is 1.29 bits per heavy atom. The van der Waals surface area contributed by atoms with Crippen LogP contribution >= 0.6 is 0 Å². The van der Waals surface area contributed by atoms with Gasteiger partial charge in [-0.15, -0.1) is 0 Å². The van der Waals surface area contributed by atoms with E-state index in [1.807, 2.05) is 0 Å². The van der Waals surface area contributed by atoms with Gasteiger partial charge in [0.25, 0.3) is 0 Å². The lowest BCUT2D eigenvalue weighted by Crippen LogP contribution is -2.28. The van der Waals surface area contributed by atoms with Crippen LogP contribution in [0.25, 0.3) is 0 Å². The molecule has 0 spiro atoms. The Labute approximate surface area is 119 Å². The van der Waals surface area contributed by atoms with Gasteiger partial charge in [0.05, 0.1) is 17.8 Å². The molecular formula is C14H13FN2O4. The average molecular weight is 292 g/mol. The van der Waals surface area contributed by atoms with Gasteiger partial charge in [0.1, 0.15) is 17.3 Å². The summed E-state index contributed by atoms with van der Waals surface area (Å²) in [5.41, 5.74) is -0.294. The van der Waals surface area contributed by atoms with E-state index in [9.17, 15) is 14.0 Å². The maximum Gasteiger partial charge on any atom is 0.335 e. The van der Waals surface area contributed by atoms with Crippen molar-refractivity contribution < 1.29 is 23.5 Å². The van der Waals surface area contributed by atoms with Crippen molar-refractivity contribution in [3.63, 3.8) is 0 Å². The maximum absolute atomic E-state index is 13.6. The molecule has 1 heterocycles. The second kappa shape index (κ2) is 6.08. The Morgan fingerprint density at radius 2 is 2.05 bits per heavy atom. The van der Waals surface area contributed by atoms with Crippen molar-refractivity contribution in [2.45, 2.75) is 13.5 Å². The first kappa shape index (κ1) is 14.6. The molecule has 0 aliphatic rings. The second-order valence-corrected chi connectivity index (χ2v) is 4.32. The topological polar surface area (TPSA) is 91.6 Å². The van der Waals surface area contributed by atoms with E-state index >= 15 is 0 Å². The van der Waals surface area contributed by atoms with Crippen LogP contribution in [0, 0.1) is 12.7 Å². The highest BCUT2D eigenvalue weighted by Crippen LogP contribution is 2.15. The number of carboxylic acids is 1. The van der Waals surface area contributed by atoms with Crippen LogP contribution in [0.5, 0.6) is 0 Å². The first-order chi connectivity index (χ1) is 9.95. The lowest BCUT2D eigenvalue weighted by atomic mass is 10.2. The van der Waals surface area contributed by atoms with Gasteiger partial charge in [0.15, 0.2) is 0 Å². The third-order valence-corrected chi connectivity index (χ3v) is 2.68. The van der Waals surface area contributed by atoms with Crippen LogP contribution in [0.2, 0.25) is 0 Å². The van der Waals surface area contributed by atoms with Crippen molar-refractivity contribution in [1.82, 2.24) is 5.32 Å². The van der Waals surface area contributed by atoms with E-state index in [0.717, 1.165) is 11.8 Å². The Kier molecular flexibility index (Phi) is 4.22. The van der Waals surface area contributed by atoms with Gasteiger partial charge in [-0.05, 0) is 37.3 Å². The fourth-order valence-corrected chi connectivity index (χ4v) is 1.66. The van der Waals surface area contributed by atoms with Gasteiger partial charge in [0.2, 0.25) is 0 Å². The van der Waals surface area contributed by atoms with Crippen molar-refractivity contribution in [3.8, 4) is 0 Å². The molecule has 2 aromatic rings. The summed E-state index contributed by atoms with van der Waals surface area (Å²) in [4.78, 5) is 22.3. The summed E-state index contributed by atoms with van der Waals surface area (Å²) in [5.74, 6) is -0.760. The highest BCUT2D eigenvalue weighted by molar-refractivity contribution is 5.91. The van der Waals surface area contributed by atoms with E-state index in [-0.39, 0.29) is 17.8 Å². The number of carbonyl (C=O) groups excluding carboxylic acids is 1. The largest absolute Gasteiger partial charge is 0.478 e. The number of nitrogens with one attached hydrogen (secondary N) is 2. The van der Waals surface area contributed by atoms with Crippen LogP contribution in [0.3, 0.4) is 0 Å². The highest BCUT2D eigenvalue weighted by atomic mass is 19.1. The number of aromatic carboxylic acids is 1. The first-order valence-corrected chi connectivity index (χ1v) is 6.08. The molecule has 1 aromatic carbocycles. The summed E-state index contributed by atoms with van der Waals surface area (Å²) in [7, 11) is 0. The molecule has 110 valence electrons. The molecule has 3 N–H and O–H groups in total. The fraction of sp³-hybridized carbons (Fsp3) is 0.143. The molecule has 0 radical (unpaired) electrons. The van der Waals surface area contributed by atoms with E-state index in [1.54, 1.807) is 19.1 Å². The molecule has 0 saturated carbocycles. The number of aryl methyl sites for hydroxylation is 1. The van der Waals surface area contributed by atoms with Crippen molar-refractivity contribution in [3.05, 3.63) is 53.2 Å². The van der Waals surface area contributed by atoms with Crippen molar-refractivity contribution in [1.29, 1.82) is 0 Å². The summed E-state index contributed by atoms with van der Waals surface area (Å²) in [6.07, 6.45) is 0.